The van der Waals surface area contributed by atoms with Crippen LogP contribution in [0.3, 0.4) is 0 Å². The molecule has 1 unspecified atom stereocenters. The second kappa shape index (κ2) is 15.3. The van der Waals surface area contributed by atoms with Crippen LogP contribution in [0.2, 0.25) is 0 Å². The first-order valence-corrected chi connectivity index (χ1v) is 20.1. The van der Waals surface area contributed by atoms with Gasteiger partial charge in [0.2, 0.25) is 0 Å². The van der Waals surface area contributed by atoms with Crippen molar-refractivity contribution in [1.82, 2.24) is 0 Å². The van der Waals surface area contributed by atoms with Gasteiger partial charge in [-0.25, -0.2) is 0 Å². The fraction of sp³-hybridized carbons (Fsp3) is 0.875. The van der Waals surface area contributed by atoms with Crippen LogP contribution >= 0.6 is 0 Å². The highest BCUT2D eigenvalue weighted by Gasteiger charge is 2.68. The Labute approximate surface area is 308 Å². The molecule has 9 rings (SSSR count). The number of hydrogen-bond donors (Lipinski definition) is 2. The molecule has 12 nitrogen and oxygen atoms in total. The zero-order valence-electron chi connectivity index (χ0n) is 31.2. The molecule has 9 saturated heterocycles. The molecule has 0 aromatic heterocycles. The van der Waals surface area contributed by atoms with Crippen molar-refractivity contribution in [3.8, 4) is 0 Å². The minimum Gasteiger partial charge on any atom is -0.392 e. The molecule has 9 aliphatic heterocycles. The maximum atomic E-state index is 13.5. The molecule has 9 aliphatic rings. The first-order valence-electron chi connectivity index (χ1n) is 20.1. The molecule has 3 N–H and O–H groups in total. The van der Waals surface area contributed by atoms with Crippen LogP contribution in [0.25, 0.3) is 0 Å². The molecule has 0 aromatic rings. The summed E-state index contributed by atoms with van der Waals surface area (Å²) in [5, 5.41) is 10.1. The first-order chi connectivity index (χ1) is 25.0. The Bertz CT molecular complexity index is 1330. The van der Waals surface area contributed by atoms with Gasteiger partial charge in [0.1, 0.15) is 36.3 Å². The van der Waals surface area contributed by atoms with E-state index in [1.807, 2.05) is 6.92 Å². The van der Waals surface area contributed by atoms with Crippen molar-refractivity contribution in [3.63, 3.8) is 0 Å². The summed E-state index contributed by atoms with van der Waals surface area (Å²) < 4.78 is 58.4. The van der Waals surface area contributed by atoms with Crippen molar-refractivity contribution in [2.75, 3.05) is 13.7 Å². The van der Waals surface area contributed by atoms with E-state index in [2.05, 4.69) is 20.1 Å². The van der Waals surface area contributed by atoms with Gasteiger partial charge in [-0.1, -0.05) is 13.2 Å². The number of fused-ring (bicyclic) bond motifs is 1. The van der Waals surface area contributed by atoms with E-state index in [0.29, 0.717) is 32.1 Å². The summed E-state index contributed by atoms with van der Waals surface area (Å²) in [4.78, 5) is 13.5. The third-order valence-corrected chi connectivity index (χ3v) is 13.4. The number of hydrogen-bond acceptors (Lipinski definition) is 12. The molecule has 292 valence electrons. The second-order valence-electron chi connectivity index (χ2n) is 17.0. The third kappa shape index (κ3) is 7.36. The van der Waals surface area contributed by atoms with Crippen molar-refractivity contribution < 1.29 is 52.5 Å². The van der Waals surface area contributed by atoms with Crippen LogP contribution in [0, 0.1) is 5.92 Å². The number of aliphatic hydroxyl groups excluding tert-OH is 1. The van der Waals surface area contributed by atoms with E-state index in [4.69, 9.17) is 48.4 Å². The lowest BCUT2D eigenvalue weighted by molar-refractivity contribution is -0.292. The summed E-state index contributed by atoms with van der Waals surface area (Å²) in [6, 6.07) is 0. The van der Waals surface area contributed by atoms with Gasteiger partial charge in [-0.3, -0.25) is 4.79 Å². The molecule has 12 heteroatoms. The van der Waals surface area contributed by atoms with Gasteiger partial charge in [-0.2, -0.15) is 0 Å². The Kier molecular flexibility index (Phi) is 11.1. The predicted octanol–water partition coefficient (Wildman–Crippen LogP) is 3.83. The fourth-order valence-corrected chi connectivity index (χ4v) is 10.6. The Balaban J connectivity index is 0.859. The zero-order chi connectivity index (χ0) is 36.3. The standard InChI is InChI=1S/C40H61NO11/c1-20-6-7-26(45-22(20)3)8-10-30-21(2)14-28(47-30)12-13-40-18-33-36(51-40)37-38(50-33)39(52-40)35-31(49-37)11-9-27(48-35)15-24(42)16-29-23(4)46-32(34(29)44-5)17-25(43)19-41/h22-23,25-39,43H,1-2,6-19,41H2,3-5H3/t22-,23+,25+,26-,27-,28+,29+,30+,31+,32-,33-,34-,35+,36+,37+,38?,39+,40+/m1/s1. The summed E-state index contributed by atoms with van der Waals surface area (Å²) in [7, 11) is 1.64. The maximum absolute atomic E-state index is 13.5. The predicted molar refractivity (Wildman–Crippen MR) is 188 cm³/mol. The lowest BCUT2D eigenvalue weighted by Crippen LogP contribution is -2.61. The number of ether oxygens (including phenoxy) is 9. The molecule has 0 saturated carbocycles. The van der Waals surface area contributed by atoms with Crippen molar-refractivity contribution in [3.05, 3.63) is 24.3 Å². The highest BCUT2D eigenvalue weighted by Crippen LogP contribution is 2.54. The van der Waals surface area contributed by atoms with Crippen molar-refractivity contribution >= 4 is 5.78 Å². The second-order valence-corrected chi connectivity index (χ2v) is 17.0. The molecular formula is C40H61NO11. The monoisotopic (exact) mass is 731 g/mol. The minimum atomic E-state index is -0.785. The lowest BCUT2D eigenvalue weighted by Gasteiger charge is -2.47. The minimum absolute atomic E-state index is 0.0499. The first kappa shape index (κ1) is 37.6. The van der Waals surface area contributed by atoms with Crippen LogP contribution in [-0.4, -0.2) is 128 Å². The van der Waals surface area contributed by atoms with Gasteiger partial charge in [0, 0.05) is 51.7 Å². The van der Waals surface area contributed by atoms with Crippen molar-refractivity contribution in [2.24, 2.45) is 11.7 Å². The number of carbonyl (C=O) groups is 1. The summed E-state index contributed by atoms with van der Waals surface area (Å²) in [6.45, 7) is 12.7. The quantitative estimate of drug-likeness (QED) is 0.251. The normalized spacial score (nSPS) is 48.6. The van der Waals surface area contributed by atoms with Gasteiger partial charge in [-0.15, -0.1) is 0 Å². The number of methoxy groups -OCH3 is 1. The molecular weight excluding hydrogens is 670 g/mol. The van der Waals surface area contributed by atoms with Crippen LogP contribution in [0.15, 0.2) is 24.3 Å². The van der Waals surface area contributed by atoms with Crippen molar-refractivity contribution in [1.29, 1.82) is 0 Å². The molecule has 6 bridgehead atoms. The number of carbonyl (C=O) groups excluding carboxylic acids is 1. The van der Waals surface area contributed by atoms with Gasteiger partial charge >= 0.3 is 0 Å². The molecule has 0 spiro atoms. The van der Waals surface area contributed by atoms with Gasteiger partial charge in [0.15, 0.2) is 5.79 Å². The van der Waals surface area contributed by atoms with Crippen LogP contribution in [0.4, 0.5) is 0 Å². The molecule has 0 aromatic carbocycles. The number of Topliss-reactive ketones (excluding diaryl/α,β-unsaturated/α-hetero) is 1. The molecule has 52 heavy (non-hydrogen) atoms. The number of ketones is 1. The molecule has 0 aliphatic carbocycles. The summed E-state index contributed by atoms with van der Waals surface area (Å²) >= 11 is 0. The number of rotatable bonds is 14. The average molecular weight is 732 g/mol. The summed E-state index contributed by atoms with van der Waals surface area (Å²) in [5.41, 5.74) is 7.99. The van der Waals surface area contributed by atoms with E-state index in [0.717, 1.165) is 56.9 Å². The fourth-order valence-electron chi connectivity index (χ4n) is 10.6. The van der Waals surface area contributed by atoms with E-state index in [9.17, 15) is 9.90 Å². The lowest BCUT2D eigenvalue weighted by atomic mass is 9.85. The van der Waals surface area contributed by atoms with Crippen LogP contribution in [-0.2, 0) is 47.4 Å². The summed E-state index contributed by atoms with van der Waals surface area (Å²) in [5.74, 6) is -0.774. The van der Waals surface area contributed by atoms with Crippen LogP contribution < -0.4 is 5.73 Å². The molecule has 0 amide bonds. The smallest absolute Gasteiger partial charge is 0.172 e. The largest absolute Gasteiger partial charge is 0.392 e. The van der Waals surface area contributed by atoms with Gasteiger partial charge in [-0.05, 0) is 76.4 Å². The SMILES string of the molecule is C=C1C[C@H](CC[C@@]23C[C@H]4OC5[C@@H](O[C@H]6CC[C@H](CC(=O)C[C@@H]7[C@@H](OC)[C@@H](C[C@H](O)CN)O[C@H]7C)O[C@@H]6[C@@H]5O2)[C@H]4O3)O[C@H]1CC[C@H]1CCC(=C)[C@@H](C)O1. The van der Waals surface area contributed by atoms with Crippen molar-refractivity contribution in [2.45, 2.75) is 201 Å². The van der Waals surface area contributed by atoms with Gasteiger partial charge in [0.05, 0.1) is 67.1 Å². The van der Waals surface area contributed by atoms with E-state index >= 15 is 0 Å². The maximum Gasteiger partial charge on any atom is 0.172 e. The zero-order valence-corrected chi connectivity index (χ0v) is 31.2. The Hall–Kier alpha value is -1.29. The molecule has 18 atom stereocenters. The highest BCUT2D eigenvalue weighted by molar-refractivity contribution is 5.79. The summed E-state index contributed by atoms with van der Waals surface area (Å²) in [6.07, 6.45) is 6.83. The highest BCUT2D eigenvalue weighted by atomic mass is 16.8. The van der Waals surface area contributed by atoms with Crippen LogP contribution in [0.5, 0.6) is 0 Å². The van der Waals surface area contributed by atoms with Gasteiger partial charge in [0.25, 0.3) is 0 Å². The van der Waals surface area contributed by atoms with Crippen LogP contribution in [0.1, 0.15) is 97.3 Å². The molecule has 9 fully saturated rings. The Morgan fingerprint density at radius 3 is 2.44 bits per heavy atom. The van der Waals surface area contributed by atoms with E-state index in [1.165, 1.54) is 5.57 Å². The number of aliphatic hydroxyl groups is 1. The Morgan fingerprint density at radius 1 is 0.865 bits per heavy atom. The molecule has 0 radical (unpaired) electrons. The van der Waals surface area contributed by atoms with E-state index < -0.39 is 11.9 Å². The topological polar surface area (TPSA) is 146 Å². The third-order valence-electron chi connectivity index (χ3n) is 13.4. The van der Waals surface area contributed by atoms with E-state index in [-0.39, 0.29) is 110 Å². The van der Waals surface area contributed by atoms with E-state index in [1.54, 1.807) is 7.11 Å². The number of nitrogens with two attached hydrogens (primary N) is 1. The Morgan fingerprint density at radius 2 is 1.65 bits per heavy atom. The molecule has 9 heterocycles. The average Bonchev–Trinajstić information content (AvgIpc) is 3.79. The van der Waals surface area contributed by atoms with Gasteiger partial charge < -0.3 is 53.5 Å².